The largest absolute Gasteiger partial charge is 0.339 e. The van der Waals surface area contributed by atoms with Gasteiger partial charge in [-0.1, -0.05) is 48.3 Å². The van der Waals surface area contributed by atoms with E-state index in [0.717, 1.165) is 38.5 Å². The quantitative estimate of drug-likeness (QED) is 0.914. The van der Waals surface area contributed by atoms with Crippen LogP contribution >= 0.6 is 0 Å². The van der Waals surface area contributed by atoms with Gasteiger partial charge in [0.05, 0.1) is 5.54 Å². The molecule has 1 fully saturated rings. The highest BCUT2D eigenvalue weighted by atomic mass is 16.5. The second kappa shape index (κ2) is 5.13. The molecule has 1 saturated carbocycles. The van der Waals surface area contributed by atoms with E-state index in [4.69, 9.17) is 10.3 Å². The Kier molecular flexibility index (Phi) is 3.34. The van der Waals surface area contributed by atoms with Gasteiger partial charge >= 0.3 is 0 Å². The first-order valence-electron chi connectivity index (χ1n) is 6.92. The lowest BCUT2D eigenvalue weighted by Gasteiger charge is -2.17. The number of aryl methyl sites for hydroxylation is 2. The lowest BCUT2D eigenvalue weighted by molar-refractivity contribution is 0.348. The molecule has 3 rings (SSSR count). The Morgan fingerprint density at radius 2 is 1.84 bits per heavy atom. The molecule has 0 saturated heterocycles. The van der Waals surface area contributed by atoms with Gasteiger partial charge in [-0.3, -0.25) is 0 Å². The van der Waals surface area contributed by atoms with Crippen molar-refractivity contribution in [2.24, 2.45) is 5.73 Å². The van der Waals surface area contributed by atoms with Gasteiger partial charge in [-0.2, -0.15) is 4.98 Å². The van der Waals surface area contributed by atoms with Crippen LogP contribution < -0.4 is 5.73 Å². The molecule has 2 aromatic rings. The van der Waals surface area contributed by atoms with Crippen molar-refractivity contribution in [3.8, 4) is 0 Å². The highest BCUT2D eigenvalue weighted by molar-refractivity contribution is 5.15. The summed E-state index contributed by atoms with van der Waals surface area (Å²) in [6, 6.07) is 10.3. The Balaban J connectivity index is 1.65. The average Bonchev–Trinajstić information content (AvgIpc) is 3.07. The zero-order valence-electron chi connectivity index (χ0n) is 11.0. The lowest BCUT2D eigenvalue weighted by atomic mass is 9.99. The van der Waals surface area contributed by atoms with Crippen LogP contribution in [0.1, 0.15) is 43.0 Å². The van der Waals surface area contributed by atoms with Crippen LogP contribution in [0.25, 0.3) is 0 Å². The van der Waals surface area contributed by atoms with Crippen molar-refractivity contribution in [3.05, 3.63) is 47.6 Å². The smallest absolute Gasteiger partial charge is 0.227 e. The van der Waals surface area contributed by atoms with Crippen molar-refractivity contribution >= 4 is 0 Å². The van der Waals surface area contributed by atoms with Crippen LogP contribution in [0.15, 0.2) is 34.9 Å². The molecule has 0 aliphatic heterocycles. The van der Waals surface area contributed by atoms with Crippen molar-refractivity contribution in [3.63, 3.8) is 0 Å². The van der Waals surface area contributed by atoms with Crippen LogP contribution in [0.4, 0.5) is 0 Å². The fourth-order valence-electron chi connectivity index (χ4n) is 2.68. The normalized spacial score (nSPS) is 17.7. The minimum Gasteiger partial charge on any atom is -0.339 e. The van der Waals surface area contributed by atoms with E-state index in [2.05, 4.69) is 22.3 Å². The Morgan fingerprint density at radius 3 is 2.58 bits per heavy atom. The fraction of sp³-hybridized carbons (Fsp3) is 0.467. The molecule has 0 atom stereocenters. The predicted octanol–water partition coefficient (Wildman–Crippen LogP) is 2.58. The van der Waals surface area contributed by atoms with Gasteiger partial charge in [-0.05, 0) is 24.8 Å². The van der Waals surface area contributed by atoms with Gasteiger partial charge < -0.3 is 10.3 Å². The SMILES string of the molecule is NC1(c2noc(CCc3ccccc3)n2)CCCC1. The summed E-state index contributed by atoms with van der Waals surface area (Å²) >= 11 is 0. The van der Waals surface area contributed by atoms with E-state index in [1.165, 1.54) is 5.56 Å². The molecule has 2 N–H and O–H groups in total. The molecule has 1 aliphatic rings. The number of hydrogen-bond acceptors (Lipinski definition) is 4. The molecule has 100 valence electrons. The van der Waals surface area contributed by atoms with E-state index in [1.807, 2.05) is 18.2 Å². The Hall–Kier alpha value is -1.68. The summed E-state index contributed by atoms with van der Waals surface area (Å²) in [7, 11) is 0. The van der Waals surface area contributed by atoms with E-state index in [-0.39, 0.29) is 5.54 Å². The minimum atomic E-state index is -0.353. The number of hydrogen-bond donors (Lipinski definition) is 1. The molecule has 0 bridgehead atoms. The molecule has 0 radical (unpaired) electrons. The molecule has 1 aromatic heterocycles. The number of aromatic nitrogens is 2. The maximum atomic E-state index is 6.32. The third kappa shape index (κ3) is 2.68. The first-order chi connectivity index (χ1) is 9.26. The van der Waals surface area contributed by atoms with E-state index >= 15 is 0 Å². The van der Waals surface area contributed by atoms with Crippen molar-refractivity contribution in [1.82, 2.24) is 10.1 Å². The second-order valence-corrected chi connectivity index (χ2v) is 5.36. The van der Waals surface area contributed by atoms with Gasteiger partial charge in [0.2, 0.25) is 5.89 Å². The number of nitrogens with zero attached hydrogens (tertiary/aromatic N) is 2. The fourth-order valence-corrected chi connectivity index (χ4v) is 2.68. The van der Waals surface area contributed by atoms with E-state index < -0.39 is 0 Å². The summed E-state index contributed by atoms with van der Waals surface area (Å²) in [5, 5.41) is 4.07. The predicted molar refractivity (Wildman–Crippen MR) is 72.5 cm³/mol. The van der Waals surface area contributed by atoms with Gasteiger partial charge in [-0.15, -0.1) is 0 Å². The Bertz CT molecular complexity index is 529. The van der Waals surface area contributed by atoms with Gasteiger partial charge in [-0.25, -0.2) is 0 Å². The number of benzene rings is 1. The van der Waals surface area contributed by atoms with E-state index in [9.17, 15) is 0 Å². The molecule has 4 heteroatoms. The minimum absolute atomic E-state index is 0.353. The van der Waals surface area contributed by atoms with Gasteiger partial charge in [0.1, 0.15) is 0 Å². The zero-order chi connectivity index (χ0) is 13.1. The number of nitrogens with two attached hydrogens (primary N) is 1. The van der Waals surface area contributed by atoms with Crippen molar-refractivity contribution < 1.29 is 4.52 Å². The summed E-state index contributed by atoms with van der Waals surface area (Å²) < 4.78 is 5.32. The summed E-state index contributed by atoms with van der Waals surface area (Å²) in [6.07, 6.45) is 5.93. The summed E-state index contributed by atoms with van der Waals surface area (Å²) in [6.45, 7) is 0. The van der Waals surface area contributed by atoms with E-state index in [0.29, 0.717) is 11.7 Å². The zero-order valence-corrected chi connectivity index (χ0v) is 11.0. The molecule has 0 unspecified atom stereocenters. The van der Waals surface area contributed by atoms with Crippen LogP contribution in [0.5, 0.6) is 0 Å². The molecule has 1 heterocycles. The molecule has 19 heavy (non-hydrogen) atoms. The monoisotopic (exact) mass is 257 g/mol. The van der Waals surface area contributed by atoms with Crippen LogP contribution in [0.3, 0.4) is 0 Å². The highest BCUT2D eigenvalue weighted by Gasteiger charge is 2.35. The molecule has 1 aliphatic carbocycles. The first kappa shape index (κ1) is 12.4. The third-order valence-corrected chi connectivity index (χ3v) is 3.88. The average molecular weight is 257 g/mol. The first-order valence-corrected chi connectivity index (χ1v) is 6.92. The standard InChI is InChI=1S/C15H19N3O/c16-15(10-4-5-11-15)14-17-13(19-18-14)9-8-12-6-2-1-3-7-12/h1-3,6-7H,4-5,8-11,16H2. The molecule has 0 amide bonds. The van der Waals surface area contributed by atoms with Crippen molar-refractivity contribution in [2.75, 3.05) is 0 Å². The van der Waals surface area contributed by atoms with Gasteiger partial charge in [0.25, 0.3) is 0 Å². The highest BCUT2D eigenvalue weighted by Crippen LogP contribution is 2.34. The summed E-state index contributed by atoms with van der Waals surface area (Å²) in [4.78, 5) is 4.48. The maximum Gasteiger partial charge on any atom is 0.227 e. The van der Waals surface area contributed by atoms with E-state index in [1.54, 1.807) is 0 Å². The Morgan fingerprint density at radius 1 is 1.11 bits per heavy atom. The van der Waals surface area contributed by atoms with Crippen molar-refractivity contribution in [1.29, 1.82) is 0 Å². The van der Waals surface area contributed by atoms with Crippen molar-refractivity contribution in [2.45, 2.75) is 44.1 Å². The topological polar surface area (TPSA) is 64.9 Å². The third-order valence-electron chi connectivity index (χ3n) is 3.88. The molecule has 1 aromatic carbocycles. The molecule has 0 spiro atoms. The van der Waals surface area contributed by atoms with Crippen LogP contribution in [0.2, 0.25) is 0 Å². The molecular formula is C15H19N3O. The molecule has 4 nitrogen and oxygen atoms in total. The summed E-state index contributed by atoms with van der Waals surface area (Å²) in [5.74, 6) is 1.38. The maximum absolute atomic E-state index is 6.32. The molecular weight excluding hydrogens is 238 g/mol. The lowest BCUT2D eigenvalue weighted by Crippen LogP contribution is -2.34. The van der Waals surface area contributed by atoms with Crippen LogP contribution in [0, 0.1) is 0 Å². The number of rotatable bonds is 4. The Labute approximate surface area is 113 Å². The summed E-state index contributed by atoms with van der Waals surface area (Å²) in [5.41, 5.74) is 7.25. The van der Waals surface area contributed by atoms with Gasteiger partial charge in [0.15, 0.2) is 5.82 Å². The van der Waals surface area contributed by atoms with Crippen LogP contribution in [-0.2, 0) is 18.4 Å². The second-order valence-electron chi connectivity index (χ2n) is 5.36. The van der Waals surface area contributed by atoms with Gasteiger partial charge in [0, 0.05) is 6.42 Å². The van der Waals surface area contributed by atoms with Crippen LogP contribution in [-0.4, -0.2) is 10.1 Å².